The third kappa shape index (κ3) is 5.55. The summed E-state index contributed by atoms with van der Waals surface area (Å²) in [4.78, 5) is 3.78. The Hall–Kier alpha value is -4.17. The van der Waals surface area contributed by atoms with E-state index >= 15 is 8.78 Å². The Morgan fingerprint density at radius 1 is 1.15 bits per heavy atom. The van der Waals surface area contributed by atoms with Crippen LogP contribution in [0.1, 0.15) is 22.7 Å². The number of ether oxygens (including phenoxy) is 1. The maximum absolute atomic E-state index is 15.5. The molecule has 0 saturated carbocycles. The summed E-state index contributed by atoms with van der Waals surface area (Å²) in [7, 11) is 0. The molecule has 3 aromatic rings. The average Bonchev–Trinajstić information content (AvgIpc) is 2.78. The Balaban J connectivity index is 1.92. The van der Waals surface area contributed by atoms with Gasteiger partial charge >= 0.3 is 0 Å². The number of hydrazine groups is 1. The Bertz CT molecular complexity index is 1180. The summed E-state index contributed by atoms with van der Waals surface area (Å²) >= 11 is 0. The van der Waals surface area contributed by atoms with Gasteiger partial charge in [-0.2, -0.15) is 19.1 Å². The monoisotopic (exact) mass is 458 g/mol. The summed E-state index contributed by atoms with van der Waals surface area (Å²) in [5.74, 6) is 3.44. The molecule has 3 rings (SSSR count). The van der Waals surface area contributed by atoms with Crippen molar-refractivity contribution >= 4 is 6.34 Å². The van der Waals surface area contributed by atoms with Gasteiger partial charge < -0.3 is 10.6 Å². The van der Waals surface area contributed by atoms with Crippen LogP contribution in [-0.4, -0.2) is 22.9 Å². The van der Waals surface area contributed by atoms with Gasteiger partial charge in [0.15, 0.2) is 0 Å². The first-order chi connectivity index (χ1) is 15.7. The molecule has 1 atom stereocenters. The van der Waals surface area contributed by atoms with Crippen molar-refractivity contribution in [3.05, 3.63) is 89.2 Å². The molecule has 0 saturated heterocycles. The molecule has 11 heteroatoms. The summed E-state index contributed by atoms with van der Waals surface area (Å²) < 4.78 is 64.3. The first-order valence-corrected chi connectivity index (χ1v) is 9.46. The minimum atomic E-state index is -3.72. The molecule has 7 nitrogen and oxygen atoms in total. The standard InChI is InChI=1S/C22H18F4N6O/c23-15-4-6-18(20(24)9-15)19(12-32(29)13-31-28)22(25,26)21-7-5-17(11-30-21)33-16-3-1-2-14(8-16)10-27/h1-9,11,13,19H,12,28-29H2/b31-13-. The molecule has 0 aliphatic rings. The van der Waals surface area contributed by atoms with Crippen LogP contribution < -0.4 is 16.4 Å². The number of aromatic nitrogens is 1. The largest absolute Gasteiger partial charge is 0.456 e. The minimum Gasteiger partial charge on any atom is -0.456 e. The fraction of sp³-hybridized carbons (Fsp3) is 0.136. The van der Waals surface area contributed by atoms with E-state index in [1.807, 2.05) is 6.07 Å². The van der Waals surface area contributed by atoms with Crippen LogP contribution in [-0.2, 0) is 5.92 Å². The second kappa shape index (κ2) is 9.97. The minimum absolute atomic E-state index is 0.143. The maximum atomic E-state index is 15.5. The predicted molar refractivity (Wildman–Crippen MR) is 112 cm³/mol. The molecular weight excluding hydrogens is 440 g/mol. The molecule has 33 heavy (non-hydrogen) atoms. The highest BCUT2D eigenvalue weighted by atomic mass is 19.3. The van der Waals surface area contributed by atoms with E-state index < -0.39 is 41.3 Å². The predicted octanol–water partition coefficient (Wildman–Crippen LogP) is 3.98. The number of halogens is 4. The van der Waals surface area contributed by atoms with Gasteiger partial charge in [-0.05, 0) is 42.0 Å². The molecular formula is C22H18F4N6O. The highest BCUT2D eigenvalue weighted by molar-refractivity contribution is 5.53. The third-order valence-corrected chi connectivity index (χ3v) is 4.66. The second-order valence-corrected chi connectivity index (χ2v) is 6.92. The number of hydrogen-bond acceptors (Lipinski definition) is 6. The molecule has 0 radical (unpaired) electrons. The van der Waals surface area contributed by atoms with Crippen molar-refractivity contribution < 1.29 is 22.3 Å². The smallest absolute Gasteiger partial charge is 0.298 e. The van der Waals surface area contributed by atoms with Crippen molar-refractivity contribution in [1.29, 1.82) is 5.26 Å². The number of hydrazone groups is 1. The average molecular weight is 458 g/mol. The van der Waals surface area contributed by atoms with Crippen molar-refractivity contribution in [2.24, 2.45) is 16.8 Å². The van der Waals surface area contributed by atoms with Gasteiger partial charge in [-0.3, -0.25) is 9.99 Å². The van der Waals surface area contributed by atoms with Gasteiger partial charge in [0.2, 0.25) is 0 Å². The van der Waals surface area contributed by atoms with Crippen LogP contribution in [0.15, 0.2) is 65.9 Å². The first-order valence-electron chi connectivity index (χ1n) is 9.46. The van der Waals surface area contributed by atoms with Crippen LogP contribution in [0.5, 0.6) is 11.5 Å². The maximum Gasteiger partial charge on any atom is 0.298 e. The molecule has 1 aromatic heterocycles. The lowest BCUT2D eigenvalue weighted by atomic mass is 9.89. The van der Waals surface area contributed by atoms with E-state index in [0.29, 0.717) is 17.4 Å². The lowest BCUT2D eigenvalue weighted by Crippen LogP contribution is -2.40. The zero-order valence-corrected chi connectivity index (χ0v) is 17.0. The molecule has 1 unspecified atom stereocenters. The molecule has 2 aromatic carbocycles. The summed E-state index contributed by atoms with van der Waals surface area (Å²) in [5, 5.41) is 12.9. The summed E-state index contributed by atoms with van der Waals surface area (Å²) in [6, 6.07) is 12.8. The van der Waals surface area contributed by atoms with Gasteiger partial charge in [-0.15, -0.1) is 0 Å². The van der Waals surface area contributed by atoms with Crippen LogP contribution in [0.3, 0.4) is 0 Å². The number of hydrogen-bond donors (Lipinski definition) is 2. The van der Waals surface area contributed by atoms with Crippen molar-refractivity contribution in [3.8, 4) is 17.6 Å². The molecule has 0 aliphatic heterocycles. The quantitative estimate of drug-likeness (QED) is 0.174. The first kappa shape index (κ1) is 23.5. The third-order valence-electron chi connectivity index (χ3n) is 4.66. The fourth-order valence-electron chi connectivity index (χ4n) is 3.12. The fourth-order valence-corrected chi connectivity index (χ4v) is 3.12. The highest BCUT2D eigenvalue weighted by Crippen LogP contribution is 2.43. The van der Waals surface area contributed by atoms with Crippen molar-refractivity contribution in [1.82, 2.24) is 9.99 Å². The Morgan fingerprint density at radius 2 is 1.94 bits per heavy atom. The molecule has 4 N–H and O–H groups in total. The number of rotatable bonds is 8. The lowest BCUT2D eigenvalue weighted by molar-refractivity contribution is -0.0443. The van der Waals surface area contributed by atoms with E-state index in [9.17, 15) is 8.78 Å². The number of nitriles is 1. The summed E-state index contributed by atoms with van der Waals surface area (Å²) in [6.07, 6.45) is 1.96. The molecule has 0 aliphatic carbocycles. The van der Waals surface area contributed by atoms with E-state index in [0.717, 1.165) is 35.7 Å². The number of nitrogens with two attached hydrogens (primary N) is 2. The Morgan fingerprint density at radius 3 is 2.58 bits per heavy atom. The molecule has 170 valence electrons. The molecule has 0 amide bonds. The van der Waals surface area contributed by atoms with Gasteiger partial charge in [-0.1, -0.05) is 12.1 Å². The van der Waals surface area contributed by atoms with E-state index in [2.05, 4.69) is 10.1 Å². The second-order valence-electron chi connectivity index (χ2n) is 6.92. The van der Waals surface area contributed by atoms with Gasteiger partial charge in [0.1, 0.15) is 35.2 Å². The van der Waals surface area contributed by atoms with Gasteiger partial charge in [0, 0.05) is 12.6 Å². The van der Waals surface area contributed by atoms with Crippen molar-refractivity contribution in [2.75, 3.05) is 6.54 Å². The SMILES string of the molecule is N#Cc1cccc(Oc2ccc(C(F)(F)C(CN(N)/C=N\N)c3ccc(F)cc3F)nc2)c1. The van der Waals surface area contributed by atoms with Crippen LogP contribution in [0.25, 0.3) is 0 Å². The molecule has 0 bridgehead atoms. The van der Waals surface area contributed by atoms with Crippen LogP contribution in [0.2, 0.25) is 0 Å². The highest BCUT2D eigenvalue weighted by Gasteiger charge is 2.45. The van der Waals surface area contributed by atoms with Crippen LogP contribution >= 0.6 is 0 Å². The topological polar surface area (TPSA) is 114 Å². The van der Waals surface area contributed by atoms with E-state index in [1.54, 1.807) is 18.2 Å². The van der Waals surface area contributed by atoms with Gasteiger partial charge in [0.05, 0.1) is 23.7 Å². The van der Waals surface area contributed by atoms with Crippen LogP contribution in [0, 0.1) is 23.0 Å². The molecule has 0 fully saturated rings. The van der Waals surface area contributed by atoms with Gasteiger partial charge in [0.25, 0.3) is 5.92 Å². The van der Waals surface area contributed by atoms with Crippen LogP contribution in [0.4, 0.5) is 17.6 Å². The number of pyridine rings is 1. The van der Waals surface area contributed by atoms with Crippen molar-refractivity contribution in [3.63, 3.8) is 0 Å². The zero-order valence-electron chi connectivity index (χ0n) is 17.0. The van der Waals surface area contributed by atoms with E-state index in [-0.39, 0.29) is 5.75 Å². The number of benzene rings is 2. The normalized spacial score (nSPS) is 12.4. The van der Waals surface area contributed by atoms with Crippen molar-refractivity contribution in [2.45, 2.75) is 11.8 Å². The lowest BCUT2D eigenvalue weighted by Gasteiger charge is -2.29. The summed E-state index contributed by atoms with van der Waals surface area (Å²) in [5.41, 5.74) is -0.787. The van der Waals surface area contributed by atoms with E-state index in [1.165, 1.54) is 12.1 Å². The molecule has 0 spiro atoms. The Labute approximate surface area is 186 Å². The zero-order chi connectivity index (χ0) is 24.0. The molecule has 1 heterocycles. The van der Waals surface area contributed by atoms with E-state index in [4.69, 9.17) is 21.7 Å². The summed E-state index contributed by atoms with van der Waals surface area (Å²) in [6.45, 7) is -0.600. The Kier molecular flexibility index (Phi) is 7.10. The van der Waals surface area contributed by atoms with Gasteiger partial charge in [-0.25, -0.2) is 14.6 Å². The number of alkyl halides is 2. The number of nitrogens with zero attached hydrogens (tertiary/aromatic N) is 4.